The summed E-state index contributed by atoms with van der Waals surface area (Å²) >= 11 is 0. The van der Waals surface area contributed by atoms with E-state index >= 15 is 0 Å². The van der Waals surface area contributed by atoms with Crippen molar-refractivity contribution in [1.82, 2.24) is 24.5 Å². The third-order valence-corrected chi connectivity index (χ3v) is 6.26. The Morgan fingerprint density at radius 2 is 1.79 bits per heavy atom. The molecule has 0 N–H and O–H groups in total. The zero-order valence-corrected chi connectivity index (χ0v) is 21.1. The van der Waals surface area contributed by atoms with Crippen molar-refractivity contribution in [2.24, 2.45) is 4.40 Å². The predicted octanol–water partition coefficient (Wildman–Crippen LogP) is 2.80. The molecule has 11 nitrogen and oxygen atoms in total. The van der Waals surface area contributed by atoms with Crippen LogP contribution in [-0.4, -0.2) is 72.5 Å². The van der Waals surface area contributed by atoms with E-state index in [1.165, 1.54) is 17.9 Å². The lowest BCUT2D eigenvalue weighted by Gasteiger charge is -2.27. The number of aromatic nitrogens is 5. The number of hydrogen-bond donors (Lipinski definition) is 1. The molecule has 14 heteroatoms. The minimum atomic E-state index is -2.90. The summed E-state index contributed by atoms with van der Waals surface area (Å²) in [5.74, 6) is 0.448. The Morgan fingerprint density at radius 3 is 2.47 bits per heavy atom. The van der Waals surface area contributed by atoms with E-state index in [1.54, 1.807) is 42.5 Å². The number of fused-ring (bicyclic) bond motifs is 1. The van der Waals surface area contributed by atoms with Crippen LogP contribution in [0.4, 0.5) is 14.7 Å². The number of nitrogens with zero attached hydrogens (tertiary/aromatic N) is 7. The second-order valence-corrected chi connectivity index (χ2v) is 8.94. The molecule has 4 aromatic rings. The van der Waals surface area contributed by atoms with Crippen molar-refractivity contribution in [2.45, 2.75) is 12.8 Å². The smallest absolute Gasteiger partial charge is 0.296 e. The lowest BCUT2D eigenvalue weighted by molar-refractivity contribution is 0.122. The number of hydrogen-bond acceptors (Lipinski definition) is 9. The number of imidazole rings is 1. The highest BCUT2D eigenvalue weighted by Crippen LogP contribution is 2.32. The molecule has 1 fully saturated rings. The van der Waals surface area contributed by atoms with Crippen LogP contribution in [0.15, 0.2) is 46.9 Å². The first-order valence-corrected chi connectivity index (χ1v) is 12.8. The zero-order valence-electron chi connectivity index (χ0n) is 20.2. The van der Waals surface area contributed by atoms with Gasteiger partial charge in [-0.1, -0.05) is 30.3 Å². The van der Waals surface area contributed by atoms with Crippen LogP contribution in [0.3, 0.4) is 0 Å². The average molecular weight is 544 g/mol. The molecule has 0 amide bonds. The second-order valence-electron chi connectivity index (χ2n) is 8.23. The lowest BCUT2D eigenvalue weighted by Crippen LogP contribution is -2.37. The molecule has 38 heavy (non-hydrogen) atoms. The van der Waals surface area contributed by atoms with Crippen LogP contribution in [-0.2, 0) is 22.0 Å². The van der Waals surface area contributed by atoms with Gasteiger partial charge in [0.15, 0.2) is 11.6 Å². The number of thiol groups is 1. The highest BCUT2D eigenvalue weighted by atomic mass is 32.2. The molecule has 0 spiro atoms. The van der Waals surface area contributed by atoms with E-state index in [-0.39, 0.29) is 17.3 Å². The Labute approximate surface area is 217 Å². The number of alkyl halides is 2. The summed E-state index contributed by atoms with van der Waals surface area (Å²) in [5, 5.41) is 0. The normalized spacial score (nSPS) is 14.3. The molecule has 0 radical (unpaired) electrons. The molecular weight excluding hydrogens is 520 g/mol. The summed E-state index contributed by atoms with van der Waals surface area (Å²) in [5.41, 5.74) is 2.09. The summed E-state index contributed by atoms with van der Waals surface area (Å²) in [6.07, 6.45) is -1.27. The molecule has 0 unspecified atom stereocenters. The van der Waals surface area contributed by atoms with E-state index in [9.17, 15) is 17.2 Å². The Balaban J connectivity index is 1.64. The van der Waals surface area contributed by atoms with Gasteiger partial charge >= 0.3 is 0 Å². The van der Waals surface area contributed by atoms with Crippen molar-refractivity contribution >= 4 is 34.1 Å². The average Bonchev–Trinajstić information content (AvgIpc) is 3.34. The van der Waals surface area contributed by atoms with E-state index in [2.05, 4.69) is 24.3 Å². The van der Waals surface area contributed by atoms with E-state index in [1.807, 2.05) is 4.90 Å². The topological polar surface area (TPSA) is 125 Å². The highest BCUT2D eigenvalue weighted by Gasteiger charge is 2.26. The summed E-state index contributed by atoms with van der Waals surface area (Å²) in [6, 6.07) is 12.1. The fourth-order valence-corrected chi connectivity index (χ4v) is 4.32. The largest absolute Gasteiger partial charge is 0.494 e. The molecule has 3 heterocycles. The molecule has 0 saturated carbocycles. The maximum Gasteiger partial charge on any atom is 0.296 e. The zero-order chi connectivity index (χ0) is 26.6. The molecule has 1 aliphatic rings. The highest BCUT2D eigenvalue weighted by molar-refractivity contribution is 7.71. The number of halogens is 2. The van der Waals surface area contributed by atoms with Gasteiger partial charge in [0.2, 0.25) is 22.8 Å². The van der Waals surface area contributed by atoms with Crippen LogP contribution in [0.1, 0.15) is 17.8 Å². The third kappa shape index (κ3) is 5.31. The standard InChI is InChI=1S/C24H23F2N7O4S/c1-36-18-4-2-3-17-19(18)28-22(20(25)26)33(17)24-30-21(29-23(31-24)32-11-13-37-14-12-32)16-7-5-15(6-8-16)9-10-27-38(34)35/h2-8,10,20,38H,9,11-14H2,1H3. The van der Waals surface area contributed by atoms with Gasteiger partial charge in [-0.15, -0.1) is 0 Å². The van der Waals surface area contributed by atoms with Gasteiger partial charge in [0.25, 0.3) is 6.43 Å². The molecule has 0 atom stereocenters. The van der Waals surface area contributed by atoms with Crippen molar-refractivity contribution in [1.29, 1.82) is 0 Å². The third-order valence-electron chi connectivity index (χ3n) is 5.91. The van der Waals surface area contributed by atoms with Crippen molar-refractivity contribution in [3.63, 3.8) is 0 Å². The maximum absolute atomic E-state index is 14.2. The Morgan fingerprint density at radius 1 is 1.05 bits per heavy atom. The fraction of sp³-hybridized carbons (Fsp3) is 0.292. The minimum absolute atomic E-state index is 0.00185. The quantitative estimate of drug-likeness (QED) is 0.264. The molecule has 0 bridgehead atoms. The van der Waals surface area contributed by atoms with Crippen LogP contribution in [0.2, 0.25) is 0 Å². The maximum atomic E-state index is 14.2. The van der Waals surface area contributed by atoms with E-state index in [0.717, 1.165) is 5.56 Å². The first-order chi connectivity index (χ1) is 18.4. The van der Waals surface area contributed by atoms with E-state index in [4.69, 9.17) is 9.47 Å². The first kappa shape index (κ1) is 25.6. The van der Waals surface area contributed by atoms with Crippen LogP contribution in [0.5, 0.6) is 5.75 Å². The number of benzene rings is 2. The van der Waals surface area contributed by atoms with Crippen LogP contribution < -0.4 is 9.64 Å². The van der Waals surface area contributed by atoms with Crippen LogP contribution in [0, 0.1) is 0 Å². The molecule has 2 aromatic heterocycles. The summed E-state index contributed by atoms with van der Waals surface area (Å²) in [7, 11) is -1.39. The van der Waals surface area contributed by atoms with E-state index < -0.39 is 23.1 Å². The fourth-order valence-electron chi connectivity index (χ4n) is 4.10. The second kappa shape index (κ2) is 11.1. The number of rotatable bonds is 8. The van der Waals surface area contributed by atoms with Gasteiger partial charge in [0, 0.05) is 31.3 Å². The van der Waals surface area contributed by atoms with E-state index in [0.29, 0.717) is 55.5 Å². The van der Waals surface area contributed by atoms with Crippen LogP contribution in [0.25, 0.3) is 28.4 Å². The molecule has 198 valence electrons. The van der Waals surface area contributed by atoms with Gasteiger partial charge in [0.05, 0.1) is 25.8 Å². The van der Waals surface area contributed by atoms with Gasteiger partial charge in [-0.3, -0.25) is 4.57 Å². The number of ether oxygens (including phenoxy) is 2. The van der Waals surface area contributed by atoms with Gasteiger partial charge in [-0.25, -0.2) is 22.2 Å². The Bertz CT molecular complexity index is 1540. The SMILES string of the molecule is COc1cccc2c1nc(C(F)F)n2-c1nc(-c2ccc(CC=N[SH](=O)=O)cc2)nc(N2CCOCC2)n1. The molecule has 5 rings (SSSR count). The van der Waals surface area contributed by atoms with Crippen molar-refractivity contribution < 1.29 is 26.7 Å². The monoisotopic (exact) mass is 543 g/mol. The molecular formula is C24H23F2N7O4S. The van der Waals surface area contributed by atoms with Gasteiger partial charge in [-0.05, 0) is 17.7 Å². The summed E-state index contributed by atoms with van der Waals surface area (Å²) in [4.78, 5) is 19.8. The molecule has 1 saturated heterocycles. The number of morpholine rings is 1. The van der Waals surface area contributed by atoms with Crippen molar-refractivity contribution in [3.8, 4) is 23.1 Å². The predicted molar refractivity (Wildman–Crippen MR) is 137 cm³/mol. The minimum Gasteiger partial charge on any atom is -0.494 e. The summed E-state index contributed by atoms with van der Waals surface area (Å²) in [6.45, 7) is 2.02. The van der Waals surface area contributed by atoms with Crippen molar-refractivity contribution in [2.75, 3.05) is 38.3 Å². The number of methoxy groups -OCH3 is 1. The first-order valence-electron chi connectivity index (χ1n) is 11.6. The van der Waals surface area contributed by atoms with Gasteiger partial charge < -0.3 is 14.4 Å². The summed E-state index contributed by atoms with van der Waals surface area (Å²) < 4.78 is 65.1. The number of para-hydroxylation sites is 1. The van der Waals surface area contributed by atoms with Gasteiger partial charge in [0.1, 0.15) is 11.3 Å². The lowest BCUT2D eigenvalue weighted by atomic mass is 10.1. The molecule has 1 aliphatic heterocycles. The van der Waals surface area contributed by atoms with Crippen molar-refractivity contribution in [3.05, 3.63) is 53.9 Å². The molecule has 0 aliphatic carbocycles. The molecule has 2 aromatic carbocycles. The Hall–Kier alpha value is -4.04. The Kier molecular flexibility index (Phi) is 7.51. The van der Waals surface area contributed by atoms with Gasteiger partial charge in [-0.2, -0.15) is 19.3 Å². The van der Waals surface area contributed by atoms with Crippen LogP contribution >= 0.6 is 0 Å². The number of anilines is 1.